The van der Waals surface area contributed by atoms with Crippen LogP contribution in [0.1, 0.15) is 49.8 Å². The fourth-order valence-electron chi connectivity index (χ4n) is 3.72. The molecule has 3 N–H and O–H groups in total. The number of amides is 1. The van der Waals surface area contributed by atoms with Gasteiger partial charge in [0.05, 0.1) is 6.26 Å². The van der Waals surface area contributed by atoms with Crippen LogP contribution in [0.5, 0.6) is 0 Å². The van der Waals surface area contributed by atoms with Gasteiger partial charge in [0.15, 0.2) is 5.96 Å². The van der Waals surface area contributed by atoms with E-state index in [0.717, 1.165) is 61.6 Å². The Labute approximate surface area is 207 Å². The maximum Gasteiger partial charge on any atom is 0.227 e. The minimum atomic E-state index is 0. The molecule has 1 aromatic carbocycles. The minimum absolute atomic E-state index is 0. The Morgan fingerprint density at radius 2 is 2.00 bits per heavy atom. The van der Waals surface area contributed by atoms with Crippen molar-refractivity contribution < 1.29 is 13.9 Å². The third-order valence-corrected chi connectivity index (χ3v) is 5.44. The second kappa shape index (κ2) is 14.9. The van der Waals surface area contributed by atoms with Gasteiger partial charge in [0.1, 0.15) is 12.4 Å². The van der Waals surface area contributed by atoms with Gasteiger partial charge in [0, 0.05) is 38.3 Å². The van der Waals surface area contributed by atoms with Crippen LogP contribution in [0, 0.1) is 5.92 Å². The number of carbonyl (C=O) groups is 1. The van der Waals surface area contributed by atoms with Crippen molar-refractivity contribution >= 4 is 41.5 Å². The zero-order valence-corrected chi connectivity index (χ0v) is 21.1. The second-order valence-corrected chi connectivity index (χ2v) is 7.86. The number of nitrogens with one attached hydrogen (secondary N) is 3. The van der Waals surface area contributed by atoms with E-state index in [1.54, 1.807) is 13.3 Å². The molecule has 1 amide bonds. The first-order valence-corrected chi connectivity index (χ1v) is 11.2. The third-order valence-electron chi connectivity index (χ3n) is 5.44. The van der Waals surface area contributed by atoms with Gasteiger partial charge in [-0.05, 0) is 49.1 Å². The Morgan fingerprint density at radius 3 is 2.75 bits per heavy atom. The Bertz CT molecular complexity index is 820. The van der Waals surface area contributed by atoms with Crippen molar-refractivity contribution in [2.75, 3.05) is 25.5 Å². The van der Waals surface area contributed by atoms with Crippen molar-refractivity contribution in [2.45, 2.75) is 51.7 Å². The summed E-state index contributed by atoms with van der Waals surface area (Å²) in [7, 11) is 1.75. The largest absolute Gasteiger partial charge is 0.467 e. The SMILES string of the molecule is CN=C(NCCCOCc1ccco1)NCc1cccc(NC(=O)C2CCCCC2)c1.I. The summed E-state index contributed by atoms with van der Waals surface area (Å²) < 4.78 is 10.8. The first kappa shape index (κ1) is 26.2. The highest BCUT2D eigenvalue weighted by molar-refractivity contribution is 14.0. The van der Waals surface area contributed by atoms with E-state index in [0.29, 0.717) is 19.8 Å². The summed E-state index contributed by atoms with van der Waals surface area (Å²) in [6.07, 6.45) is 8.08. The molecule has 7 nitrogen and oxygen atoms in total. The Kier molecular flexibility index (Phi) is 12.2. The molecule has 0 aliphatic heterocycles. The van der Waals surface area contributed by atoms with Crippen LogP contribution in [0.4, 0.5) is 5.69 Å². The van der Waals surface area contributed by atoms with Gasteiger partial charge < -0.3 is 25.1 Å². The summed E-state index contributed by atoms with van der Waals surface area (Å²) in [5, 5.41) is 9.69. The number of carbonyl (C=O) groups excluding carboxylic acids is 1. The lowest BCUT2D eigenvalue weighted by molar-refractivity contribution is -0.120. The van der Waals surface area contributed by atoms with Crippen LogP contribution in [-0.2, 0) is 22.7 Å². The van der Waals surface area contributed by atoms with Crippen LogP contribution in [0.15, 0.2) is 52.1 Å². The second-order valence-electron chi connectivity index (χ2n) is 7.86. The van der Waals surface area contributed by atoms with Crippen molar-refractivity contribution in [1.82, 2.24) is 10.6 Å². The van der Waals surface area contributed by atoms with Crippen LogP contribution in [-0.4, -0.2) is 32.1 Å². The molecule has 1 aromatic heterocycles. The third kappa shape index (κ3) is 9.20. The van der Waals surface area contributed by atoms with Crippen LogP contribution in [0.25, 0.3) is 0 Å². The summed E-state index contributed by atoms with van der Waals surface area (Å²) in [5.41, 5.74) is 1.94. The van der Waals surface area contributed by atoms with Gasteiger partial charge in [0.25, 0.3) is 0 Å². The van der Waals surface area contributed by atoms with Crippen LogP contribution < -0.4 is 16.0 Å². The van der Waals surface area contributed by atoms with Gasteiger partial charge in [-0.15, -0.1) is 24.0 Å². The molecule has 1 saturated carbocycles. The van der Waals surface area contributed by atoms with E-state index < -0.39 is 0 Å². The van der Waals surface area contributed by atoms with E-state index in [1.807, 2.05) is 36.4 Å². The lowest BCUT2D eigenvalue weighted by Crippen LogP contribution is -2.37. The molecular formula is C24H35IN4O3. The molecule has 1 aliphatic rings. The quantitative estimate of drug-likeness (QED) is 0.172. The number of hydrogen-bond acceptors (Lipinski definition) is 4. The van der Waals surface area contributed by atoms with Crippen LogP contribution in [0.3, 0.4) is 0 Å². The normalized spacial score (nSPS) is 14.5. The Balaban J connectivity index is 0.00000363. The van der Waals surface area contributed by atoms with Gasteiger partial charge in [0.2, 0.25) is 5.91 Å². The molecule has 176 valence electrons. The first-order chi connectivity index (χ1) is 15.2. The van der Waals surface area contributed by atoms with Gasteiger partial charge in [-0.1, -0.05) is 31.4 Å². The highest BCUT2D eigenvalue weighted by Crippen LogP contribution is 2.25. The molecule has 0 atom stereocenters. The minimum Gasteiger partial charge on any atom is -0.467 e. The number of anilines is 1. The zero-order chi connectivity index (χ0) is 21.7. The number of ether oxygens (including phenoxy) is 1. The predicted molar refractivity (Wildman–Crippen MR) is 138 cm³/mol. The van der Waals surface area contributed by atoms with Crippen molar-refractivity contribution in [3.8, 4) is 0 Å². The van der Waals surface area contributed by atoms with Crippen molar-refractivity contribution in [3.63, 3.8) is 0 Å². The molecule has 3 rings (SSSR count). The molecule has 1 heterocycles. The number of rotatable bonds is 10. The number of furan rings is 1. The van der Waals surface area contributed by atoms with Crippen LogP contribution in [0.2, 0.25) is 0 Å². The van der Waals surface area contributed by atoms with Crippen LogP contribution >= 0.6 is 24.0 Å². The van der Waals surface area contributed by atoms with E-state index in [2.05, 4.69) is 20.9 Å². The molecule has 2 aromatic rings. The standard InChI is InChI=1S/C24H34N4O3.HI/c1-25-24(26-13-7-14-30-18-22-12-6-15-31-22)27-17-19-8-5-11-21(16-19)28-23(29)20-9-3-2-4-10-20;/h5-6,8,11-12,15-16,20H,2-4,7,9-10,13-14,17-18H2,1H3,(H,28,29)(H2,25,26,27);1H. The summed E-state index contributed by atoms with van der Waals surface area (Å²) in [4.78, 5) is 16.7. The summed E-state index contributed by atoms with van der Waals surface area (Å²) >= 11 is 0. The maximum absolute atomic E-state index is 12.5. The van der Waals surface area contributed by atoms with Crippen molar-refractivity contribution in [1.29, 1.82) is 0 Å². The average molecular weight is 554 g/mol. The topological polar surface area (TPSA) is 87.9 Å². The van der Waals surface area contributed by atoms with Gasteiger partial charge in [-0.25, -0.2) is 0 Å². The van der Waals surface area contributed by atoms with E-state index in [1.165, 1.54) is 6.42 Å². The predicted octanol–water partition coefficient (Wildman–Crippen LogP) is 4.69. The fraction of sp³-hybridized carbons (Fsp3) is 0.500. The smallest absolute Gasteiger partial charge is 0.227 e. The maximum atomic E-state index is 12.5. The lowest BCUT2D eigenvalue weighted by Gasteiger charge is -2.21. The zero-order valence-electron chi connectivity index (χ0n) is 18.8. The van der Waals surface area contributed by atoms with Gasteiger partial charge in [-0.2, -0.15) is 0 Å². The molecule has 8 heteroatoms. The number of halogens is 1. The average Bonchev–Trinajstić information content (AvgIpc) is 3.32. The monoisotopic (exact) mass is 554 g/mol. The van der Waals surface area contributed by atoms with Crippen molar-refractivity contribution in [3.05, 3.63) is 54.0 Å². The number of guanidine groups is 1. The molecule has 0 unspecified atom stereocenters. The Morgan fingerprint density at radius 1 is 1.16 bits per heavy atom. The van der Waals surface area contributed by atoms with E-state index in [4.69, 9.17) is 9.15 Å². The molecule has 1 fully saturated rings. The first-order valence-electron chi connectivity index (χ1n) is 11.2. The molecule has 0 spiro atoms. The highest BCUT2D eigenvalue weighted by Gasteiger charge is 2.21. The number of hydrogen-bond donors (Lipinski definition) is 3. The van der Waals surface area contributed by atoms with E-state index >= 15 is 0 Å². The molecular weight excluding hydrogens is 519 g/mol. The summed E-state index contributed by atoms with van der Waals surface area (Å²) in [6.45, 7) is 2.53. The van der Waals surface area contributed by atoms with Crippen molar-refractivity contribution in [2.24, 2.45) is 10.9 Å². The number of nitrogens with zero attached hydrogens (tertiary/aromatic N) is 1. The fourth-order valence-corrected chi connectivity index (χ4v) is 3.72. The van der Waals surface area contributed by atoms with E-state index in [-0.39, 0.29) is 35.8 Å². The summed E-state index contributed by atoms with van der Waals surface area (Å²) in [5.74, 6) is 1.88. The van der Waals surface area contributed by atoms with Gasteiger partial charge >= 0.3 is 0 Å². The van der Waals surface area contributed by atoms with E-state index in [9.17, 15) is 4.79 Å². The highest BCUT2D eigenvalue weighted by atomic mass is 127. The number of aliphatic imine (C=N–C) groups is 1. The molecule has 0 radical (unpaired) electrons. The molecule has 1 aliphatic carbocycles. The number of benzene rings is 1. The molecule has 0 saturated heterocycles. The molecule has 32 heavy (non-hydrogen) atoms. The molecule has 0 bridgehead atoms. The lowest BCUT2D eigenvalue weighted by atomic mass is 9.88. The van der Waals surface area contributed by atoms with Gasteiger partial charge in [-0.3, -0.25) is 9.79 Å². The Hall–Kier alpha value is -2.07. The summed E-state index contributed by atoms with van der Waals surface area (Å²) in [6, 6.07) is 11.7.